The van der Waals surface area contributed by atoms with Gasteiger partial charge in [-0.2, -0.15) is 0 Å². The Bertz CT molecular complexity index is 1150. The Balaban J connectivity index is 1.37. The summed E-state index contributed by atoms with van der Waals surface area (Å²) in [6.45, 7) is 2.48. The number of nitrogens with one attached hydrogen (secondary N) is 1. The van der Waals surface area contributed by atoms with Gasteiger partial charge in [-0.3, -0.25) is 0 Å². The molecular weight excluding hydrogens is 474 g/mol. The number of carbonyl (C=O) groups excluding carboxylic acids is 2. The van der Waals surface area contributed by atoms with Crippen LogP contribution in [0, 0.1) is 0 Å². The second kappa shape index (κ2) is 7.00. The summed E-state index contributed by atoms with van der Waals surface area (Å²) in [5.74, 6) is 0.115. The van der Waals surface area contributed by atoms with Gasteiger partial charge in [0.2, 0.25) is 0 Å². The van der Waals surface area contributed by atoms with Crippen LogP contribution in [0.2, 0.25) is 0 Å². The van der Waals surface area contributed by atoms with Crippen molar-refractivity contribution in [1.82, 2.24) is 10.0 Å². The second-order valence-corrected chi connectivity index (χ2v) is 9.74. The molecule has 6 rings (SSSR count). The smallest absolute Gasteiger partial charge is 0.429 e. The number of carbonyl (C=O) groups is 2. The van der Waals surface area contributed by atoms with Crippen molar-refractivity contribution < 1.29 is 19.1 Å². The largest absolute Gasteiger partial charge is 0.448 e. The number of amides is 2. The lowest BCUT2D eigenvalue weighted by Crippen LogP contribution is -2.59. The van der Waals surface area contributed by atoms with Crippen LogP contribution in [0.25, 0.3) is 0 Å². The molecule has 3 aliphatic heterocycles. The Kier molecular flexibility index (Phi) is 4.30. The Morgan fingerprint density at radius 2 is 2.09 bits per heavy atom. The minimum absolute atomic E-state index is 0.0752. The summed E-state index contributed by atoms with van der Waals surface area (Å²) >= 11 is 3.57. The molecule has 2 saturated heterocycles. The number of rotatable bonds is 2. The molecule has 32 heavy (non-hydrogen) atoms. The van der Waals surface area contributed by atoms with Gasteiger partial charge in [0.25, 0.3) is 0 Å². The van der Waals surface area contributed by atoms with Crippen molar-refractivity contribution in [2.24, 2.45) is 0 Å². The number of anilines is 1. The van der Waals surface area contributed by atoms with Crippen LogP contribution in [0.5, 0.6) is 0 Å². The topological polar surface area (TPSA) is 71.1 Å². The first kappa shape index (κ1) is 19.7. The van der Waals surface area contributed by atoms with Crippen LogP contribution in [-0.2, 0) is 16.1 Å². The maximum absolute atomic E-state index is 13.4. The van der Waals surface area contributed by atoms with Crippen molar-refractivity contribution in [2.75, 3.05) is 11.9 Å². The average molecular weight is 496 g/mol. The molecule has 0 unspecified atom stereocenters. The maximum atomic E-state index is 13.4. The molecule has 2 aromatic carbocycles. The molecule has 4 aliphatic rings. The molecule has 0 saturated carbocycles. The lowest BCUT2D eigenvalue weighted by atomic mass is 9.86. The molecule has 164 valence electrons. The zero-order valence-electron chi connectivity index (χ0n) is 17.5. The number of fused-ring (bicyclic) bond motifs is 7. The maximum Gasteiger partial charge on any atom is 0.429 e. The van der Waals surface area contributed by atoms with E-state index in [4.69, 9.17) is 9.47 Å². The van der Waals surface area contributed by atoms with E-state index in [2.05, 4.69) is 33.4 Å². The normalized spacial score (nSPS) is 29.4. The first-order valence-electron chi connectivity index (χ1n) is 10.7. The summed E-state index contributed by atoms with van der Waals surface area (Å²) in [4.78, 5) is 26.3. The third kappa shape index (κ3) is 2.71. The van der Waals surface area contributed by atoms with Crippen LogP contribution in [0.15, 0.2) is 64.7 Å². The minimum atomic E-state index is -0.621. The average Bonchev–Trinajstić information content (AvgIpc) is 3.40. The van der Waals surface area contributed by atoms with E-state index >= 15 is 0 Å². The summed E-state index contributed by atoms with van der Waals surface area (Å²) in [5, 5.41) is 6.54. The number of nitrogens with zero attached hydrogens (tertiary/aromatic N) is 2. The molecule has 0 bridgehead atoms. The van der Waals surface area contributed by atoms with Gasteiger partial charge >= 0.3 is 12.2 Å². The van der Waals surface area contributed by atoms with Crippen LogP contribution in [0.4, 0.5) is 15.3 Å². The highest BCUT2D eigenvalue weighted by Crippen LogP contribution is 2.55. The Labute approximate surface area is 194 Å². The van der Waals surface area contributed by atoms with Gasteiger partial charge in [0, 0.05) is 22.5 Å². The first-order valence-corrected chi connectivity index (χ1v) is 11.5. The van der Waals surface area contributed by atoms with Gasteiger partial charge < -0.3 is 14.8 Å². The fourth-order valence-corrected chi connectivity index (χ4v) is 5.92. The summed E-state index contributed by atoms with van der Waals surface area (Å²) in [6, 6.07) is 15.3. The van der Waals surface area contributed by atoms with Crippen molar-refractivity contribution >= 4 is 33.8 Å². The van der Waals surface area contributed by atoms with E-state index in [1.165, 1.54) is 15.6 Å². The van der Waals surface area contributed by atoms with Crippen LogP contribution < -0.4 is 5.32 Å². The van der Waals surface area contributed by atoms with Gasteiger partial charge in [0.05, 0.1) is 18.2 Å². The molecular formula is C24H22BrN3O4. The van der Waals surface area contributed by atoms with Crippen molar-refractivity contribution in [2.45, 2.75) is 43.5 Å². The van der Waals surface area contributed by atoms with Gasteiger partial charge in [-0.05, 0) is 41.8 Å². The fourth-order valence-electron chi connectivity index (χ4n) is 5.54. The summed E-state index contributed by atoms with van der Waals surface area (Å²) in [7, 11) is 0. The monoisotopic (exact) mass is 495 g/mol. The van der Waals surface area contributed by atoms with E-state index in [0.717, 1.165) is 21.3 Å². The van der Waals surface area contributed by atoms with Crippen LogP contribution in [-0.4, -0.2) is 46.4 Å². The van der Waals surface area contributed by atoms with Crippen LogP contribution in [0.1, 0.15) is 30.4 Å². The van der Waals surface area contributed by atoms with E-state index in [1.54, 1.807) is 0 Å². The predicted molar refractivity (Wildman–Crippen MR) is 121 cm³/mol. The first-order chi connectivity index (χ1) is 15.5. The van der Waals surface area contributed by atoms with Crippen molar-refractivity contribution in [1.29, 1.82) is 0 Å². The number of cyclic esters (lactones) is 1. The number of benzene rings is 2. The highest BCUT2D eigenvalue weighted by molar-refractivity contribution is 9.10. The van der Waals surface area contributed by atoms with Crippen LogP contribution in [0.3, 0.4) is 0 Å². The summed E-state index contributed by atoms with van der Waals surface area (Å²) in [5.41, 5.74) is 3.58. The van der Waals surface area contributed by atoms with E-state index in [9.17, 15) is 9.59 Å². The van der Waals surface area contributed by atoms with E-state index in [1.807, 2.05) is 49.4 Å². The number of hydrazine groups is 1. The van der Waals surface area contributed by atoms with Gasteiger partial charge in [-0.1, -0.05) is 52.3 Å². The number of halogens is 1. The Morgan fingerprint density at radius 3 is 2.91 bits per heavy atom. The molecule has 0 spiro atoms. The fraction of sp³-hybridized carbons (Fsp3) is 0.333. The molecule has 0 aromatic heterocycles. The Morgan fingerprint density at radius 1 is 1.28 bits per heavy atom. The quantitative estimate of drug-likeness (QED) is 0.605. The predicted octanol–water partition coefficient (Wildman–Crippen LogP) is 4.80. The standard InChI is InChI=1S/C24H22BrN3O4/c1-24-9-10-31-23(30)28(24)27(22(29)32-13-14-5-3-2-4-6-14)21-18(24)12-17-16-11-15(25)7-8-19(16)26-20(17)21/h2-8,11-12,17,20-21,26H,9-10,13H2,1H3/t17-,20+,21+,24-/m1/s1. The molecule has 2 fully saturated rings. The second-order valence-electron chi connectivity index (χ2n) is 8.83. The van der Waals surface area contributed by atoms with Gasteiger partial charge in [-0.15, -0.1) is 0 Å². The minimum Gasteiger partial charge on any atom is -0.448 e. The van der Waals surface area contributed by atoms with Crippen molar-refractivity contribution in [3.05, 3.63) is 75.8 Å². The van der Waals surface area contributed by atoms with E-state index in [-0.39, 0.29) is 24.6 Å². The van der Waals surface area contributed by atoms with E-state index < -0.39 is 17.7 Å². The molecule has 8 heteroatoms. The molecule has 1 N–H and O–H groups in total. The van der Waals surface area contributed by atoms with Gasteiger partial charge in [0.1, 0.15) is 12.6 Å². The summed E-state index contributed by atoms with van der Waals surface area (Å²) in [6.07, 6.45) is 1.79. The van der Waals surface area contributed by atoms with Gasteiger partial charge in [0.15, 0.2) is 0 Å². The molecule has 2 aromatic rings. The zero-order chi connectivity index (χ0) is 22.0. The lowest BCUT2D eigenvalue weighted by molar-refractivity contribution is -0.0727. The molecule has 1 aliphatic carbocycles. The number of hydrogen-bond acceptors (Lipinski definition) is 5. The van der Waals surface area contributed by atoms with Crippen molar-refractivity contribution in [3.8, 4) is 0 Å². The number of hydrogen-bond donors (Lipinski definition) is 1. The molecule has 0 radical (unpaired) electrons. The molecule has 3 heterocycles. The zero-order valence-corrected chi connectivity index (χ0v) is 19.0. The highest BCUT2D eigenvalue weighted by atomic mass is 79.9. The molecule has 7 nitrogen and oxygen atoms in total. The molecule has 4 atom stereocenters. The Hall–Kier alpha value is -3.00. The SMILES string of the molecule is C[C@]12CCOC(=O)N1N(C(=O)OCc1ccccc1)[C@H]1C2=C[C@@H]2c3cc(Br)ccc3N[C@@H]21. The van der Waals surface area contributed by atoms with Crippen LogP contribution >= 0.6 is 15.9 Å². The lowest BCUT2D eigenvalue weighted by Gasteiger charge is -2.41. The third-order valence-electron chi connectivity index (χ3n) is 7.05. The highest BCUT2D eigenvalue weighted by Gasteiger charge is 2.64. The third-order valence-corrected chi connectivity index (χ3v) is 7.54. The van der Waals surface area contributed by atoms with Gasteiger partial charge in [-0.25, -0.2) is 19.6 Å². The van der Waals surface area contributed by atoms with E-state index in [0.29, 0.717) is 13.0 Å². The molecule has 2 amide bonds. The summed E-state index contributed by atoms with van der Waals surface area (Å²) < 4.78 is 12.0. The van der Waals surface area contributed by atoms with Crippen molar-refractivity contribution in [3.63, 3.8) is 0 Å². The number of ether oxygens (including phenoxy) is 2.